The lowest BCUT2D eigenvalue weighted by molar-refractivity contribution is -0.00172. The van der Waals surface area contributed by atoms with Gasteiger partial charge in [-0.2, -0.15) is 0 Å². The van der Waals surface area contributed by atoms with Crippen molar-refractivity contribution < 1.29 is 4.42 Å². The van der Waals surface area contributed by atoms with Crippen molar-refractivity contribution in [3.8, 4) is 0 Å². The molecule has 0 radical (unpaired) electrons. The number of fused-ring (bicyclic) bond motifs is 1. The number of furan rings is 1. The zero-order valence-corrected chi connectivity index (χ0v) is 10.9. The topological polar surface area (TPSA) is 16.4 Å². The van der Waals surface area contributed by atoms with Crippen molar-refractivity contribution in [2.45, 2.75) is 51.6 Å². The Balaban J connectivity index is 1.84. The zero-order chi connectivity index (χ0) is 11.8. The predicted octanol–water partition coefficient (Wildman–Crippen LogP) is 3.85. The fraction of sp³-hybridized carbons (Fsp3) is 0.733. The summed E-state index contributed by atoms with van der Waals surface area (Å²) in [7, 11) is 0. The highest BCUT2D eigenvalue weighted by molar-refractivity contribution is 5.14. The lowest BCUT2D eigenvalue weighted by atomic mass is 9.78. The Kier molecular flexibility index (Phi) is 2.99. The molecule has 0 amide bonds. The molecular formula is C15H23NO. The Hall–Kier alpha value is -0.760. The molecule has 1 aromatic heterocycles. The SMILES string of the molecule is C[C@@H]1CCC2[C@H](C)CCC(c3ccoc3)N2C1. The highest BCUT2D eigenvalue weighted by Crippen LogP contribution is 2.42. The molecule has 0 spiro atoms. The minimum absolute atomic E-state index is 0.609. The van der Waals surface area contributed by atoms with Crippen LogP contribution in [0.25, 0.3) is 0 Å². The van der Waals surface area contributed by atoms with Crippen LogP contribution in [0.3, 0.4) is 0 Å². The van der Waals surface area contributed by atoms with E-state index in [2.05, 4.69) is 24.8 Å². The van der Waals surface area contributed by atoms with Crippen LogP contribution in [0.15, 0.2) is 23.0 Å². The van der Waals surface area contributed by atoms with Crippen molar-refractivity contribution in [3.63, 3.8) is 0 Å². The average molecular weight is 233 g/mol. The third-order valence-corrected chi connectivity index (χ3v) is 4.78. The molecule has 1 aromatic rings. The smallest absolute Gasteiger partial charge is 0.0950 e. The van der Waals surface area contributed by atoms with E-state index in [1.807, 2.05) is 12.5 Å². The molecule has 0 aromatic carbocycles. The van der Waals surface area contributed by atoms with Crippen LogP contribution in [0.2, 0.25) is 0 Å². The summed E-state index contributed by atoms with van der Waals surface area (Å²) in [5, 5.41) is 0. The van der Waals surface area contributed by atoms with Crippen LogP contribution < -0.4 is 0 Å². The maximum atomic E-state index is 5.27. The predicted molar refractivity (Wildman–Crippen MR) is 68.7 cm³/mol. The maximum Gasteiger partial charge on any atom is 0.0950 e. The number of hydrogen-bond donors (Lipinski definition) is 0. The summed E-state index contributed by atoms with van der Waals surface area (Å²) >= 11 is 0. The molecule has 4 atom stereocenters. The number of hydrogen-bond acceptors (Lipinski definition) is 2. The first kappa shape index (κ1) is 11.3. The Morgan fingerprint density at radius 1 is 1.18 bits per heavy atom. The van der Waals surface area contributed by atoms with Crippen LogP contribution in [0.4, 0.5) is 0 Å². The molecule has 0 saturated carbocycles. The Bertz CT molecular complexity index is 359. The molecule has 2 aliphatic rings. The molecule has 2 saturated heterocycles. The summed E-state index contributed by atoms with van der Waals surface area (Å²) in [5.74, 6) is 1.72. The zero-order valence-electron chi connectivity index (χ0n) is 10.9. The fourth-order valence-corrected chi connectivity index (χ4v) is 3.78. The molecule has 0 bridgehead atoms. The first-order chi connectivity index (χ1) is 8.25. The van der Waals surface area contributed by atoms with Gasteiger partial charge in [-0.05, 0) is 43.6 Å². The minimum Gasteiger partial charge on any atom is -0.472 e. The molecule has 2 fully saturated rings. The van der Waals surface area contributed by atoms with Crippen LogP contribution in [-0.2, 0) is 0 Å². The second kappa shape index (κ2) is 4.49. The third-order valence-electron chi connectivity index (χ3n) is 4.78. The summed E-state index contributed by atoms with van der Waals surface area (Å²) < 4.78 is 5.27. The second-order valence-corrected chi connectivity index (χ2v) is 6.07. The van der Waals surface area contributed by atoms with E-state index in [1.165, 1.54) is 37.8 Å². The van der Waals surface area contributed by atoms with E-state index < -0.39 is 0 Å². The monoisotopic (exact) mass is 233 g/mol. The number of piperidine rings is 2. The molecular weight excluding hydrogens is 210 g/mol. The number of rotatable bonds is 1. The molecule has 3 heterocycles. The third kappa shape index (κ3) is 2.03. The van der Waals surface area contributed by atoms with Crippen LogP contribution in [0.1, 0.15) is 51.1 Å². The molecule has 0 N–H and O–H groups in total. The normalized spacial score (nSPS) is 38.9. The van der Waals surface area contributed by atoms with E-state index >= 15 is 0 Å². The Labute approximate surface area is 104 Å². The van der Waals surface area contributed by atoms with Gasteiger partial charge in [-0.3, -0.25) is 4.90 Å². The largest absolute Gasteiger partial charge is 0.472 e. The highest BCUT2D eigenvalue weighted by Gasteiger charge is 2.38. The molecule has 2 nitrogen and oxygen atoms in total. The van der Waals surface area contributed by atoms with E-state index in [0.717, 1.165) is 17.9 Å². The van der Waals surface area contributed by atoms with Gasteiger partial charge in [0.15, 0.2) is 0 Å². The lowest BCUT2D eigenvalue weighted by Crippen LogP contribution is -2.50. The standard InChI is InChI=1S/C15H23NO/c1-11-3-5-14-12(2)4-6-15(16(14)9-11)13-7-8-17-10-13/h7-8,10-12,14-15H,3-6,9H2,1-2H3/t11-,12-,14?,15?/m1/s1. The van der Waals surface area contributed by atoms with E-state index in [1.54, 1.807) is 0 Å². The lowest BCUT2D eigenvalue weighted by Gasteiger charge is -2.49. The summed E-state index contributed by atoms with van der Waals surface area (Å²) in [6, 6.07) is 3.56. The Morgan fingerprint density at radius 3 is 2.82 bits per heavy atom. The number of nitrogens with zero attached hydrogens (tertiary/aromatic N) is 1. The maximum absolute atomic E-state index is 5.27. The van der Waals surface area contributed by atoms with Crippen molar-refractivity contribution in [2.75, 3.05) is 6.54 Å². The van der Waals surface area contributed by atoms with Crippen molar-refractivity contribution >= 4 is 0 Å². The average Bonchev–Trinajstić information content (AvgIpc) is 2.83. The first-order valence-corrected chi connectivity index (χ1v) is 7.03. The quantitative estimate of drug-likeness (QED) is 0.732. The molecule has 94 valence electrons. The first-order valence-electron chi connectivity index (χ1n) is 7.03. The summed E-state index contributed by atoms with van der Waals surface area (Å²) in [6.45, 7) is 6.09. The fourth-order valence-electron chi connectivity index (χ4n) is 3.78. The van der Waals surface area contributed by atoms with E-state index in [4.69, 9.17) is 4.42 Å². The molecule has 3 rings (SSSR count). The summed E-state index contributed by atoms with van der Waals surface area (Å²) in [5.41, 5.74) is 1.39. The van der Waals surface area contributed by atoms with Gasteiger partial charge in [0, 0.05) is 24.2 Å². The molecule has 0 aliphatic carbocycles. The Morgan fingerprint density at radius 2 is 2.06 bits per heavy atom. The van der Waals surface area contributed by atoms with Crippen LogP contribution in [0.5, 0.6) is 0 Å². The van der Waals surface area contributed by atoms with Crippen molar-refractivity contribution in [1.82, 2.24) is 4.90 Å². The van der Waals surface area contributed by atoms with Gasteiger partial charge in [-0.15, -0.1) is 0 Å². The van der Waals surface area contributed by atoms with Crippen LogP contribution in [0, 0.1) is 11.8 Å². The van der Waals surface area contributed by atoms with Gasteiger partial charge in [-0.25, -0.2) is 0 Å². The second-order valence-electron chi connectivity index (χ2n) is 6.07. The van der Waals surface area contributed by atoms with E-state index in [9.17, 15) is 0 Å². The summed E-state index contributed by atoms with van der Waals surface area (Å²) in [6.07, 6.45) is 9.21. The van der Waals surface area contributed by atoms with Crippen molar-refractivity contribution in [3.05, 3.63) is 24.2 Å². The molecule has 2 unspecified atom stereocenters. The van der Waals surface area contributed by atoms with E-state index in [-0.39, 0.29) is 0 Å². The van der Waals surface area contributed by atoms with Gasteiger partial charge in [0.2, 0.25) is 0 Å². The minimum atomic E-state index is 0.609. The van der Waals surface area contributed by atoms with Gasteiger partial charge in [0.1, 0.15) is 0 Å². The molecule has 2 heteroatoms. The van der Waals surface area contributed by atoms with Gasteiger partial charge >= 0.3 is 0 Å². The van der Waals surface area contributed by atoms with Gasteiger partial charge in [0.25, 0.3) is 0 Å². The van der Waals surface area contributed by atoms with Crippen molar-refractivity contribution in [2.24, 2.45) is 11.8 Å². The highest BCUT2D eigenvalue weighted by atomic mass is 16.3. The van der Waals surface area contributed by atoms with E-state index in [0.29, 0.717) is 6.04 Å². The van der Waals surface area contributed by atoms with Crippen LogP contribution in [-0.4, -0.2) is 17.5 Å². The van der Waals surface area contributed by atoms with Gasteiger partial charge in [0.05, 0.1) is 12.5 Å². The molecule has 17 heavy (non-hydrogen) atoms. The molecule has 2 aliphatic heterocycles. The van der Waals surface area contributed by atoms with Crippen LogP contribution >= 0.6 is 0 Å². The summed E-state index contributed by atoms with van der Waals surface area (Å²) in [4.78, 5) is 2.76. The van der Waals surface area contributed by atoms with Crippen molar-refractivity contribution in [1.29, 1.82) is 0 Å². The van der Waals surface area contributed by atoms with Gasteiger partial charge in [-0.1, -0.05) is 13.8 Å². The van der Waals surface area contributed by atoms with Gasteiger partial charge < -0.3 is 4.42 Å².